The van der Waals surface area contributed by atoms with Gasteiger partial charge in [-0.25, -0.2) is 0 Å². The summed E-state index contributed by atoms with van der Waals surface area (Å²) in [5.74, 6) is -0.00875. The lowest BCUT2D eigenvalue weighted by atomic mass is 10.1. The maximum Gasteiger partial charge on any atom is 0.274 e. The maximum absolute atomic E-state index is 12.2. The first-order chi connectivity index (χ1) is 8.24. The number of benzene rings is 1. The van der Waals surface area contributed by atoms with Crippen LogP contribution < -0.4 is 0 Å². The third-order valence-electron chi connectivity index (χ3n) is 3.05. The molecule has 2 heterocycles. The average Bonchev–Trinajstić information content (AvgIpc) is 2.93. The van der Waals surface area contributed by atoms with Crippen molar-refractivity contribution in [2.75, 3.05) is 0 Å². The number of aryl methyl sites for hydroxylation is 1. The number of rotatable bonds is 1. The largest absolute Gasteiger partial charge is 0.329 e. The minimum Gasteiger partial charge on any atom is -0.329 e. The molecule has 1 N–H and O–H groups in total. The second-order valence-electron chi connectivity index (χ2n) is 4.37. The quantitative estimate of drug-likeness (QED) is 0.808. The van der Waals surface area contributed by atoms with Crippen molar-refractivity contribution in [2.24, 2.45) is 0 Å². The van der Waals surface area contributed by atoms with Crippen LogP contribution in [0.3, 0.4) is 0 Å². The molecule has 0 atom stereocenters. The van der Waals surface area contributed by atoms with Gasteiger partial charge in [-0.05, 0) is 24.1 Å². The van der Waals surface area contributed by atoms with Crippen molar-refractivity contribution < 1.29 is 4.79 Å². The van der Waals surface area contributed by atoms with Crippen LogP contribution in [0.4, 0.5) is 0 Å². The predicted octanol–water partition coefficient (Wildman–Crippen LogP) is 1.87. The molecule has 0 fully saturated rings. The highest BCUT2D eigenvalue weighted by atomic mass is 16.2. The summed E-state index contributed by atoms with van der Waals surface area (Å²) in [4.78, 5) is 14.0. The Hall–Kier alpha value is -2.10. The van der Waals surface area contributed by atoms with Crippen molar-refractivity contribution in [3.8, 4) is 0 Å². The molecule has 86 valence electrons. The standard InChI is InChI=1S/C13H13N3O/c1-9-6-12(15-14-9)13(17)16-7-10-4-2-3-5-11(10)8-16/h2-6H,7-8H2,1H3,(H,14,15). The fraction of sp³-hybridized carbons (Fsp3) is 0.231. The van der Waals surface area contributed by atoms with Crippen molar-refractivity contribution in [1.29, 1.82) is 0 Å². The van der Waals surface area contributed by atoms with Gasteiger partial charge in [0.25, 0.3) is 5.91 Å². The molecular formula is C13H13N3O. The van der Waals surface area contributed by atoms with E-state index in [1.807, 2.05) is 24.0 Å². The zero-order chi connectivity index (χ0) is 11.8. The van der Waals surface area contributed by atoms with Crippen LogP contribution in [0.1, 0.15) is 27.3 Å². The third kappa shape index (κ3) is 1.71. The van der Waals surface area contributed by atoms with E-state index in [1.165, 1.54) is 11.1 Å². The smallest absolute Gasteiger partial charge is 0.274 e. The van der Waals surface area contributed by atoms with Crippen LogP contribution in [-0.4, -0.2) is 21.0 Å². The number of H-pyrrole nitrogens is 1. The highest BCUT2D eigenvalue weighted by Crippen LogP contribution is 2.23. The third-order valence-corrected chi connectivity index (χ3v) is 3.05. The summed E-state index contributed by atoms with van der Waals surface area (Å²) in [6, 6.07) is 9.93. The van der Waals surface area contributed by atoms with E-state index in [9.17, 15) is 4.79 Å². The lowest BCUT2D eigenvalue weighted by Crippen LogP contribution is -2.25. The Morgan fingerprint density at radius 3 is 2.47 bits per heavy atom. The first-order valence-corrected chi connectivity index (χ1v) is 5.62. The molecule has 4 heteroatoms. The molecule has 0 radical (unpaired) electrons. The molecule has 1 aliphatic heterocycles. The zero-order valence-corrected chi connectivity index (χ0v) is 9.60. The molecule has 0 aliphatic carbocycles. The topological polar surface area (TPSA) is 49.0 Å². The fourth-order valence-electron chi connectivity index (χ4n) is 2.17. The fourth-order valence-corrected chi connectivity index (χ4v) is 2.17. The van der Waals surface area contributed by atoms with Gasteiger partial charge in [-0.15, -0.1) is 0 Å². The van der Waals surface area contributed by atoms with Gasteiger partial charge in [-0.3, -0.25) is 9.89 Å². The molecule has 17 heavy (non-hydrogen) atoms. The van der Waals surface area contributed by atoms with Crippen LogP contribution in [0, 0.1) is 6.92 Å². The van der Waals surface area contributed by atoms with Crippen LogP contribution in [0.15, 0.2) is 30.3 Å². The Morgan fingerprint density at radius 1 is 1.29 bits per heavy atom. The van der Waals surface area contributed by atoms with Gasteiger partial charge < -0.3 is 4.90 Å². The molecule has 0 bridgehead atoms. The number of hydrogen-bond donors (Lipinski definition) is 1. The summed E-state index contributed by atoms with van der Waals surface area (Å²) in [5.41, 5.74) is 3.86. The van der Waals surface area contributed by atoms with Gasteiger partial charge in [0.05, 0.1) is 0 Å². The molecule has 1 aliphatic rings. The van der Waals surface area contributed by atoms with Crippen molar-refractivity contribution in [2.45, 2.75) is 20.0 Å². The molecule has 1 amide bonds. The van der Waals surface area contributed by atoms with E-state index < -0.39 is 0 Å². The van der Waals surface area contributed by atoms with E-state index in [1.54, 1.807) is 6.07 Å². The SMILES string of the molecule is Cc1cc(C(=O)N2Cc3ccccc3C2)n[nH]1. The number of nitrogens with zero attached hydrogens (tertiary/aromatic N) is 2. The molecule has 0 spiro atoms. The Kier molecular flexibility index (Phi) is 2.21. The van der Waals surface area contributed by atoms with Gasteiger partial charge in [0, 0.05) is 18.8 Å². The molecule has 0 unspecified atom stereocenters. The summed E-state index contributed by atoms with van der Waals surface area (Å²) >= 11 is 0. The average molecular weight is 227 g/mol. The van der Waals surface area contributed by atoms with Crippen molar-refractivity contribution in [1.82, 2.24) is 15.1 Å². The van der Waals surface area contributed by atoms with Gasteiger partial charge in [-0.2, -0.15) is 5.10 Å². The summed E-state index contributed by atoms with van der Waals surface area (Å²) in [6.45, 7) is 3.25. The molecule has 3 rings (SSSR count). The van der Waals surface area contributed by atoms with Gasteiger partial charge in [0.15, 0.2) is 0 Å². The predicted molar refractivity (Wildman–Crippen MR) is 63.3 cm³/mol. The summed E-state index contributed by atoms with van der Waals surface area (Å²) < 4.78 is 0. The number of carbonyl (C=O) groups is 1. The molecule has 0 saturated carbocycles. The number of aromatic amines is 1. The molecule has 2 aromatic rings. The van der Waals surface area contributed by atoms with E-state index in [0.717, 1.165) is 5.69 Å². The molecule has 1 aromatic carbocycles. The number of aromatic nitrogens is 2. The Balaban J connectivity index is 1.83. The van der Waals surface area contributed by atoms with E-state index >= 15 is 0 Å². The highest BCUT2D eigenvalue weighted by Gasteiger charge is 2.25. The van der Waals surface area contributed by atoms with Gasteiger partial charge in [0.2, 0.25) is 0 Å². The Morgan fingerprint density at radius 2 is 1.94 bits per heavy atom. The van der Waals surface area contributed by atoms with E-state index in [0.29, 0.717) is 18.8 Å². The summed E-state index contributed by atoms with van der Waals surface area (Å²) in [5, 5.41) is 6.80. The van der Waals surface area contributed by atoms with E-state index in [4.69, 9.17) is 0 Å². The minimum atomic E-state index is -0.00875. The number of carbonyl (C=O) groups excluding carboxylic acids is 1. The lowest BCUT2D eigenvalue weighted by Gasteiger charge is -2.13. The number of nitrogens with one attached hydrogen (secondary N) is 1. The molecule has 1 aromatic heterocycles. The molecule has 0 saturated heterocycles. The zero-order valence-electron chi connectivity index (χ0n) is 9.60. The second kappa shape index (κ2) is 3.73. The molecular weight excluding hydrogens is 214 g/mol. The highest BCUT2D eigenvalue weighted by molar-refractivity contribution is 5.92. The number of fused-ring (bicyclic) bond motifs is 1. The minimum absolute atomic E-state index is 0.00875. The Labute approximate surface area is 99.3 Å². The van der Waals surface area contributed by atoms with Crippen LogP contribution in [0.5, 0.6) is 0 Å². The van der Waals surface area contributed by atoms with Crippen molar-refractivity contribution >= 4 is 5.91 Å². The first-order valence-electron chi connectivity index (χ1n) is 5.62. The van der Waals surface area contributed by atoms with Crippen LogP contribution in [0.2, 0.25) is 0 Å². The first kappa shape index (κ1) is 10.1. The van der Waals surface area contributed by atoms with Crippen LogP contribution >= 0.6 is 0 Å². The van der Waals surface area contributed by atoms with Gasteiger partial charge >= 0.3 is 0 Å². The van der Waals surface area contributed by atoms with Crippen LogP contribution in [-0.2, 0) is 13.1 Å². The number of amides is 1. The molecule has 4 nitrogen and oxygen atoms in total. The second-order valence-corrected chi connectivity index (χ2v) is 4.37. The van der Waals surface area contributed by atoms with Gasteiger partial charge in [0.1, 0.15) is 5.69 Å². The summed E-state index contributed by atoms with van der Waals surface area (Å²) in [7, 11) is 0. The van der Waals surface area contributed by atoms with Crippen molar-refractivity contribution in [3.63, 3.8) is 0 Å². The van der Waals surface area contributed by atoms with E-state index in [-0.39, 0.29) is 5.91 Å². The lowest BCUT2D eigenvalue weighted by molar-refractivity contribution is 0.0745. The number of hydrogen-bond acceptors (Lipinski definition) is 2. The maximum atomic E-state index is 12.2. The van der Waals surface area contributed by atoms with Crippen LogP contribution in [0.25, 0.3) is 0 Å². The monoisotopic (exact) mass is 227 g/mol. The van der Waals surface area contributed by atoms with Gasteiger partial charge in [-0.1, -0.05) is 24.3 Å². The Bertz CT molecular complexity index is 549. The van der Waals surface area contributed by atoms with Crippen molar-refractivity contribution in [3.05, 3.63) is 52.8 Å². The summed E-state index contributed by atoms with van der Waals surface area (Å²) in [6.07, 6.45) is 0. The normalized spacial score (nSPS) is 13.8. The van der Waals surface area contributed by atoms with E-state index in [2.05, 4.69) is 22.3 Å².